The molecule has 1 amide bonds. The summed E-state index contributed by atoms with van der Waals surface area (Å²) in [6.07, 6.45) is 9.74. The van der Waals surface area contributed by atoms with Crippen LogP contribution in [0.2, 0.25) is 0 Å². The molecule has 0 atom stereocenters. The molecule has 6 nitrogen and oxygen atoms in total. The third-order valence-electron chi connectivity index (χ3n) is 6.08. The van der Waals surface area contributed by atoms with Gasteiger partial charge in [0.05, 0.1) is 0 Å². The number of benzene rings is 1. The van der Waals surface area contributed by atoms with E-state index in [4.69, 9.17) is 0 Å². The maximum absolute atomic E-state index is 12.0. The average molecular weight is 395 g/mol. The molecule has 6 heteroatoms. The summed E-state index contributed by atoms with van der Waals surface area (Å²) in [6.45, 7) is 0.804. The van der Waals surface area contributed by atoms with Crippen LogP contribution in [0.5, 0.6) is 0 Å². The van der Waals surface area contributed by atoms with E-state index in [9.17, 15) is 4.79 Å². The van der Waals surface area contributed by atoms with Crippen LogP contribution in [0.4, 0.5) is 5.69 Å². The highest BCUT2D eigenvalue weighted by Crippen LogP contribution is 2.41. The summed E-state index contributed by atoms with van der Waals surface area (Å²) < 4.78 is 0. The topological polar surface area (TPSA) is 74.8 Å². The van der Waals surface area contributed by atoms with Gasteiger partial charge in [0.1, 0.15) is 5.69 Å². The van der Waals surface area contributed by atoms with Crippen molar-refractivity contribution in [2.24, 2.45) is 0 Å². The van der Waals surface area contributed by atoms with E-state index in [-0.39, 0.29) is 5.91 Å². The Balaban J connectivity index is 1.35. The van der Waals surface area contributed by atoms with Crippen LogP contribution in [0.25, 0.3) is 33.4 Å². The molecule has 0 unspecified atom stereocenters. The van der Waals surface area contributed by atoms with Crippen molar-refractivity contribution in [3.8, 4) is 22.4 Å². The normalized spacial score (nSPS) is 16.5. The van der Waals surface area contributed by atoms with Crippen molar-refractivity contribution in [3.63, 3.8) is 0 Å². The largest absolute Gasteiger partial charge is 0.312 e. The molecule has 1 N–H and O–H groups in total. The van der Waals surface area contributed by atoms with Gasteiger partial charge < -0.3 is 4.90 Å². The highest BCUT2D eigenvalue weighted by Gasteiger charge is 2.25. The fraction of sp³-hybridized carbons (Fsp3) is 0.250. The predicted octanol–water partition coefficient (Wildman–Crippen LogP) is 4.69. The van der Waals surface area contributed by atoms with Gasteiger partial charge in [0.2, 0.25) is 5.91 Å². The van der Waals surface area contributed by atoms with Crippen LogP contribution in [0.3, 0.4) is 0 Å². The van der Waals surface area contributed by atoms with E-state index in [1.165, 1.54) is 18.4 Å². The van der Waals surface area contributed by atoms with Crippen LogP contribution in [0.15, 0.2) is 55.0 Å². The number of nitrogens with one attached hydrogen (secondary N) is 1. The molecule has 1 aromatic carbocycles. The summed E-state index contributed by atoms with van der Waals surface area (Å²) >= 11 is 0. The Hall–Kier alpha value is -3.54. The third-order valence-corrected chi connectivity index (χ3v) is 6.08. The lowest BCUT2D eigenvalue weighted by atomic mass is 10.0. The molecule has 2 fully saturated rings. The molecule has 4 heterocycles. The van der Waals surface area contributed by atoms with Crippen molar-refractivity contribution in [3.05, 3.63) is 60.6 Å². The smallest absolute Gasteiger partial charge is 0.227 e. The molecule has 3 aromatic heterocycles. The summed E-state index contributed by atoms with van der Waals surface area (Å²) in [5.41, 5.74) is 7.00. The molecule has 1 aliphatic heterocycles. The highest BCUT2D eigenvalue weighted by atomic mass is 16.2. The van der Waals surface area contributed by atoms with Crippen LogP contribution in [0.1, 0.15) is 37.2 Å². The minimum absolute atomic E-state index is 0.205. The Morgan fingerprint density at radius 3 is 2.57 bits per heavy atom. The molecule has 0 radical (unpaired) electrons. The number of aromatic nitrogens is 4. The highest BCUT2D eigenvalue weighted by molar-refractivity contribution is 5.95. The maximum atomic E-state index is 12.0. The lowest BCUT2D eigenvalue weighted by Crippen LogP contribution is -2.23. The van der Waals surface area contributed by atoms with E-state index in [0.717, 1.165) is 52.1 Å². The van der Waals surface area contributed by atoms with Crippen molar-refractivity contribution >= 4 is 22.6 Å². The minimum Gasteiger partial charge on any atom is -0.312 e. The first-order chi connectivity index (χ1) is 14.8. The molecule has 30 heavy (non-hydrogen) atoms. The van der Waals surface area contributed by atoms with Gasteiger partial charge in [-0.3, -0.25) is 14.9 Å². The zero-order valence-corrected chi connectivity index (χ0v) is 16.5. The number of carbonyl (C=O) groups is 1. The van der Waals surface area contributed by atoms with Crippen LogP contribution in [-0.2, 0) is 4.79 Å². The second kappa shape index (κ2) is 6.76. The lowest BCUT2D eigenvalue weighted by Gasteiger charge is -2.16. The van der Waals surface area contributed by atoms with Gasteiger partial charge in [-0.2, -0.15) is 5.10 Å². The maximum Gasteiger partial charge on any atom is 0.227 e. The summed E-state index contributed by atoms with van der Waals surface area (Å²) in [5.74, 6) is 0.853. The molecule has 6 rings (SSSR count). The van der Waals surface area contributed by atoms with Gasteiger partial charge in [0.15, 0.2) is 5.65 Å². The zero-order chi connectivity index (χ0) is 20.1. The second-order valence-corrected chi connectivity index (χ2v) is 8.17. The van der Waals surface area contributed by atoms with E-state index in [2.05, 4.69) is 44.4 Å². The van der Waals surface area contributed by atoms with Crippen LogP contribution in [-0.4, -0.2) is 32.6 Å². The van der Waals surface area contributed by atoms with Crippen molar-refractivity contribution in [2.45, 2.75) is 31.6 Å². The molecule has 1 saturated carbocycles. The van der Waals surface area contributed by atoms with Crippen LogP contribution in [0, 0.1) is 0 Å². The van der Waals surface area contributed by atoms with Crippen molar-refractivity contribution < 1.29 is 4.79 Å². The van der Waals surface area contributed by atoms with Gasteiger partial charge in [-0.25, -0.2) is 4.98 Å². The SMILES string of the molecule is O=C1CCCN1c1ccc(-c2cncc(-c3n[nH]c4ncc(C5CC5)cc34)c2)cc1. The van der Waals surface area contributed by atoms with Gasteiger partial charge in [-0.15, -0.1) is 0 Å². The standard InChI is InChI=1S/C24H21N5O/c30-22-2-1-9-29(22)20-7-5-16(6-8-20)17-10-19(13-25-12-17)23-21-11-18(15-3-4-15)14-26-24(21)28-27-23/h5-8,10-15H,1-4,9H2,(H,26,27,28). The molecular formula is C24H21N5O. The lowest BCUT2D eigenvalue weighted by molar-refractivity contribution is -0.117. The first-order valence-corrected chi connectivity index (χ1v) is 10.5. The van der Waals surface area contributed by atoms with E-state index in [1.807, 2.05) is 35.6 Å². The summed E-state index contributed by atoms with van der Waals surface area (Å²) in [4.78, 5) is 22.9. The Morgan fingerprint density at radius 2 is 1.80 bits per heavy atom. The molecule has 1 saturated heterocycles. The first-order valence-electron chi connectivity index (χ1n) is 10.5. The molecule has 1 aliphatic carbocycles. The Morgan fingerprint density at radius 1 is 0.967 bits per heavy atom. The molecule has 0 spiro atoms. The Kier molecular flexibility index (Phi) is 3.91. The monoisotopic (exact) mass is 395 g/mol. The zero-order valence-electron chi connectivity index (χ0n) is 16.5. The summed E-state index contributed by atoms with van der Waals surface area (Å²) in [6, 6.07) is 12.5. The Bertz CT molecular complexity index is 1260. The number of fused-ring (bicyclic) bond motifs is 1. The second-order valence-electron chi connectivity index (χ2n) is 8.17. The van der Waals surface area contributed by atoms with E-state index in [1.54, 1.807) is 0 Å². The summed E-state index contributed by atoms with van der Waals surface area (Å²) in [7, 11) is 0. The van der Waals surface area contributed by atoms with E-state index in [0.29, 0.717) is 12.3 Å². The summed E-state index contributed by atoms with van der Waals surface area (Å²) in [5, 5.41) is 8.62. The number of rotatable bonds is 4. The van der Waals surface area contributed by atoms with Crippen molar-refractivity contribution in [1.82, 2.24) is 20.2 Å². The number of carbonyl (C=O) groups excluding carboxylic acids is 1. The van der Waals surface area contributed by atoms with Gasteiger partial charge in [0.25, 0.3) is 0 Å². The van der Waals surface area contributed by atoms with Gasteiger partial charge in [0, 0.05) is 53.8 Å². The fourth-order valence-electron chi connectivity index (χ4n) is 4.26. The van der Waals surface area contributed by atoms with E-state index >= 15 is 0 Å². The molecule has 148 valence electrons. The number of aromatic amines is 1. The van der Waals surface area contributed by atoms with Gasteiger partial charge >= 0.3 is 0 Å². The van der Waals surface area contributed by atoms with Gasteiger partial charge in [-0.05, 0) is 60.6 Å². The van der Waals surface area contributed by atoms with Gasteiger partial charge in [-0.1, -0.05) is 12.1 Å². The van der Waals surface area contributed by atoms with Crippen LogP contribution < -0.4 is 4.90 Å². The number of H-pyrrole nitrogens is 1. The number of anilines is 1. The first kappa shape index (κ1) is 17.3. The Labute approximate surface area is 174 Å². The average Bonchev–Trinajstić information content (AvgIpc) is 3.42. The quantitative estimate of drug-likeness (QED) is 0.544. The van der Waals surface area contributed by atoms with Crippen molar-refractivity contribution in [1.29, 1.82) is 0 Å². The van der Waals surface area contributed by atoms with E-state index < -0.39 is 0 Å². The molecule has 2 aliphatic rings. The fourth-order valence-corrected chi connectivity index (χ4v) is 4.26. The molecule has 4 aromatic rings. The van der Waals surface area contributed by atoms with Crippen molar-refractivity contribution in [2.75, 3.05) is 11.4 Å². The number of hydrogen-bond donors (Lipinski definition) is 1. The minimum atomic E-state index is 0.205. The third kappa shape index (κ3) is 2.96. The number of pyridine rings is 2. The number of amides is 1. The number of hydrogen-bond acceptors (Lipinski definition) is 4. The number of nitrogens with zero attached hydrogens (tertiary/aromatic N) is 4. The molecular weight excluding hydrogens is 374 g/mol. The molecule has 0 bridgehead atoms. The van der Waals surface area contributed by atoms with Crippen LogP contribution >= 0.6 is 0 Å². The predicted molar refractivity (Wildman–Crippen MR) is 116 cm³/mol.